The maximum Gasteiger partial charge on any atom is 0.269 e. The fourth-order valence-corrected chi connectivity index (χ4v) is 2.32. The molecule has 0 heterocycles. The second-order valence-corrected chi connectivity index (χ2v) is 9.63. The number of nitrogens with zero attached hydrogens (tertiary/aromatic N) is 1. The van der Waals surface area contributed by atoms with Crippen molar-refractivity contribution in [3.8, 4) is 0 Å². The van der Waals surface area contributed by atoms with Gasteiger partial charge >= 0.3 is 0 Å². The Morgan fingerprint density at radius 2 is 1.77 bits per heavy atom. The van der Waals surface area contributed by atoms with E-state index in [1.165, 1.54) is 12.1 Å². The lowest BCUT2D eigenvalue weighted by atomic mass is 10.3. The molecule has 3 nitrogen and oxygen atoms in total. The van der Waals surface area contributed by atoms with E-state index < -0.39 is 12.3 Å². The van der Waals surface area contributed by atoms with Gasteiger partial charge in [-0.2, -0.15) is 11.1 Å². The Balaban J connectivity index is 3.01. The van der Waals surface area contributed by atoms with Gasteiger partial charge in [0.05, 0.1) is 4.92 Å². The van der Waals surface area contributed by atoms with Gasteiger partial charge in [0.2, 0.25) is 0 Å². The number of benzene rings is 1. The van der Waals surface area contributed by atoms with Gasteiger partial charge in [0.15, 0.2) is 7.38 Å². The zero-order chi connectivity index (χ0) is 10.1. The minimum absolute atomic E-state index is 0.110. The van der Waals surface area contributed by atoms with E-state index in [0.29, 0.717) is 0 Å². The van der Waals surface area contributed by atoms with Gasteiger partial charge in [-0.3, -0.25) is 10.1 Å². The number of nitro groups is 1. The predicted octanol–water partition coefficient (Wildman–Crippen LogP) is 2.25. The average Bonchev–Trinajstić information content (AvgIpc) is 2.03. The first kappa shape index (κ1) is 10.2. The van der Waals surface area contributed by atoms with E-state index >= 15 is 0 Å². The first-order chi connectivity index (χ1) is 5.91. The van der Waals surface area contributed by atoms with Crippen LogP contribution in [0, 0.1) is 10.1 Å². The lowest BCUT2D eigenvalue weighted by Gasteiger charge is -2.12. The first-order valence-electron chi connectivity index (χ1n) is 3.85. The fraction of sp³-hybridized carbons (Fsp3) is 0.250. The quantitative estimate of drug-likeness (QED) is 0.329. The van der Waals surface area contributed by atoms with Crippen molar-refractivity contribution in [1.82, 2.24) is 0 Å². The number of hydrogen-bond donors (Lipinski definition) is 0. The van der Waals surface area contributed by atoms with Gasteiger partial charge in [-0.15, -0.1) is 0 Å². The van der Waals surface area contributed by atoms with Crippen LogP contribution in [0.4, 0.5) is 5.69 Å². The topological polar surface area (TPSA) is 43.1 Å². The van der Waals surface area contributed by atoms with E-state index in [-0.39, 0.29) is 5.69 Å². The molecule has 0 saturated carbocycles. The number of hydrogen-bond acceptors (Lipinski definition) is 2. The summed E-state index contributed by atoms with van der Waals surface area (Å²) < 4.78 is 0. The molecule has 0 saturated heterocycles. The molecule has 0 aliphatic heterocycles. The minimum Gasteiger partial charge on any atom is -0.258 e. The average molecular weight is 216 g/mol. The van der Waals surface area contributed by atoms with Crippen molar-refractivity contribution in [1.29, 1.82) is 0 Å². The second kappa shape index (κ2) is 3.47. The van der Waals surface area contributed by atoms with Crippen molar-refractivity contribution >= 4 is 29.3 Å². The number of nitro benzene ring substituents is 1. The van der Waals surface area contributed by atoms with Crippen molar-refractivity contribution in [2.75, 3.05) is 0 Å². The summed E-state index contributed by atoms with van der Waals surface area (Å²) in [7, 11) is -1.84. The van der Waals surface area contributed by atoms with Gasteiger partial charge in [0.25, 0.3) is 5.69 Å². The Bertz CT molecular complexity index is 318. The van der Waals surface area contributed by atoms with Crippen molar-refractivity contribution in [3.63, 3.8) is 0 Å². The molecule has 5 heteroatoms. The molecular formula is C8H10ClNO2Si. The highest BCUT2D eigenvalue weighted by Crippen LogP contribution is 2.12. The van der Waals surface area contributed by atoms with Crippen molar-refractivity contribution < 1.29 is 4.92 Å². The van der Waals surface area contributed by atoms with Crippen LogP contribution in [0.1, 0.15) is 0 Å². The molecule has 0 radical (unpaired) electrons. The van der Waals surface area contributed by atoms with Crippen LogP contribution in [0.2, 0.25) is 13.1 Å². The van der Waals surface area contributed by atoms with E-state index in [1.54, 1.807) is 12.1 Å². The molecule has 0 fully saturated rings. The molecular weight excluding hydrogens is 206 g/mol. The number of halogens is 1. The summed E-state index contributed by atoms with van der Waals surface area (Å²) >= 11 is 6.16. The maximum atomic E-state index is 10.3. The van der Waals surface area contributed by atoms with E-state index in [2.05, 4.69) is 0 Å². The molecule has 13 heavy (non-hydrogen) atoms. The predicted molar refractivity (Wildman–Crippen MR) is 56.1 cm³/mol. The molecule has 0 atom stereocenters. The summed E-state index contributed by atoms with van der Waals surface area (Å²) in [6.45, 7) is 3.96. The summed E-state index contributed by atoms with van der Waals surface area (Å²) in [6.07, 6.45) is 0. The molecule has 0 aromatic heterocycles. The normalized spacial score (nSPS) is 11.3. The third kappa shape index (κ3) is 2.53. The molecule has 1 rings (SSSR count). The molecule has 0 aliphatic rings. The molecule has 1 aromatic carbocycles. The monoisotopic (exact) mass is 215 g/mol. The molecule has 0 unspecified atom stereocenters. The molecule has 0 N–H and O–H groups in total. The van der Waals surface area contributed by atoms with Gasteiger partial charge < -0.3 is 0 Å². The van der Waals surface area contributed by atoms with Crippen molar-refractivity contribution in [2.24, 2.45) is 0 Å². The van der Waals surface area contributed by atoms with Crippen LogP contribution in [0.25, 0.3) is 0 Å². The summed E-state index contributed by atoms with van der Waals surface area (Å²) in [5.74, 6) is 0. The van der Waals surface area contributed by atoms with Crippen molar-refractivity contribution in [2.45, 2.75) is 13.1 Å². The fourth-order valence-electron chi connectivity index (χ4n) is 0.979. The molecule has 70 valence electrons. The third-order valence-electron chi connectivity index (χ3n) is 1.76. The SMILES string of the molecule is C[Si](C)(Cl)c1ccc([N+](=O)[O-])cc1. The Hall–Kier alpha value is -0.873. The second-order valence-electron chi connectivity index (χ2n) is 3.28. The highest BCUT2D eigenvalue weighted by atomic mass is 35.6. The van der Waals surface area contributed by atoms with E-state index in [4.69, 9.17) is 11.1 Å². The van der Waals surface area contributed by atoms with Gasteiger partial charge in [0, 0.05) is 12.1 Å². The van der Waals surface area contributed by atoms with Gasteiger partial charge in [-0.1, -0.05) is 25.2 Å². The Kier molecular flexibility index (Phi) is 2.73. The molecule has 0 aliphatic carbocycles. The van der Waals surface area contributed by atoms with E-state index in [0.717, 1.165) is 5.19 Å². The minimum atomic E-state index is -1.84. The molecule has 1 aromatic rings. The van der Waals surface area contributed by atoms with Crippen molar-refractivity contribution in [3.05, 3.63) is 34.4 Å². The highest BCUT2D eigenvalue weighted by Gasteiger charge is 2.20. The first-order valence-corrected chi connectivity index (χ1v) is 7.86. The largest absolute Gasteiger partial charge is 0.269 e. The van der Waals surface area contributed by atoms with Crippen LogP contribution in [0.5, 0.6) is 0 Å². The van der Waals surface area contributed by atoms with Crippen LogP contribution in [0.15, 0.2) is 24.3 Å². The Labute approximate surface area is 82.2 Å². The van der Waals surface area contributed by atoms with Gasteiger partial charge in [-0.25, -0.2) is 0 Å². The van der Waals surface area contributed by atoms with Crippen LogP contribution in [-0.4, -0.2) is 12.3 Å². The highest BCUT2D eigenvalue weighted by molar-refractivity contribution is 7.26. The molecule has 0 bridgehead atoms. The standard InChI is InChI=1S/C8H10ClNO2Si/c1-13(2,9)8-5-3-7(4-6-8)10(11)12/h3-6H,1-2H3. The number of non-ortho nitro benzene ring substituents is 1. The lowest BCUT2D eigenvalue weighted by Crippen LogP contribution is -2.34. The van der Waals surface area contributed by atoms with Crippen LogP contribution in [0.3, 0.4) is 0 Å². The van der Waals surface area contributed by atoms with Crippen LogP contribution < -0.4 is 5.19 Å². The van der Waals surface area contributed by atoms with Crippen LogP contribution in [-0.2, 0) is 0 Å². The summed E-state index contributed by atoms with van der Waals surface area (Å²) in [6, 6.07) is 6.45. The zero-order valence-electron chi connectivity index (χ0n) is 7.45. The zero-order valence-corrected chi connectivity index (χ0v) is 9.21. The smallest absolute Gasteiger partial charge is 0.258 e. The molecule has 0 amide bonds. The summed E-state index contributed by atoms with van der Waals surface area (Å²) in [4.78, 5) is 9.94. The summed E-state index contributed by atoms with van der Waals surface area (Å²) in [5.41, 5.74) is 0.110. The third-order valence-corrected chi connectivity index (χ3v) is 4.13. The maximum absolute atomic E-state index is 10.3. The van der Waals surface area contributed by atoms with E-state index in [9.17, 15) is 10.1 Å². The van der Waals surface area contributed by atoms with Gasteiger partial charge in [-0.05, 0) is 5.19 Å². The lowest BCUT2D eigenvalue weighted by molar-refractivity contribution is -0.384. The number of rotatable bonds is 2. The van der Waals surface area contributed by atoms with Gasteiger partial charge in [0.1, 0.15) is 0 Å². The Morgan fingerprint density at radius 1 is 1.31 bits per heavy atom. The van der Waals surface area contributed by atoms with Crippen LogP contribution >= 0.6 is 11.1 Å². The molecule has 0 spiro atoms. The van der Waals surface area contributed by atoms with E-state index in [1.807, 2.05) is 13.1 Å². The summed E-state index contributed by atoms with van der Waals surface area (Å²) in [5, 5.41) is 11.4. The Morgan fingerprint density at radius 3 is 2.08 bits per heavy atom.